The molecule has 25 heavy (non-hydrogen) atoms. The zero-order valence-electron chi connectivity index (χ0n) is 13.7. The van der Waals surface area contributed by atoms with Crippen LogP contribution in [-0.4, -0.2) is 16.6 Å². The van der Waals surface area contributed by atoms with Gasteiger partial charge in [-0.05, 0) is 60.9 Å². The molecule has 0 atom stereocenters. The number of pyridine rings is 1. The second-order valence-corrected chi connectivity index (χ2v) is 6.62. The van der Waals surface area contributed by atoms with Gasteiger partial charge < -0.3 is 10.4 Å². The number of aromatic hydroxyl groups is 1. The molecule has 0 saturated heterocycles. The molecule has 2 aromatic carbocycles. The van der Waals surface area contributed by atoms with Gasteiger partial charge in [0.05, 0.1) is 5.69 Å². The lowest BCUT2D eigenvalue weighted by molar-refractivity contribution is 0.475. The Bertz CT molecular complexity index is 906. The fraction of sp³-hybridized carbons (Fsp3) is 0.190. The third-order valence-corrected chi connectivity index (χ3v) is 4.82. The molecule has 1 aliphatic rings. The van der Waals surface area contributed by atoms with Gasteiger partial charge in [0.15, 0.2) is 0 Å². The normalized spacial score (nSPS) is 14.9. The molecule has 2 N–H and O–H groups in total. The maximum Gasteiger partial charge on any atom is 0.125 e. The Balaban J connectivity index is 1.56. The summed E-state index contributed by atoms with van der Waals surface area (Å²) >= 11 is 0. The van der Waals surface area contributed by atoms with Gasteiger partial charge in [-0.1, -0.05) is 18.2 Å². The number of aromatic nitrogens is 1. The Kier molecular flexibility index (Phi) is 3.88. The molecule has 1 aliphatic carbocycles. The number of halogens is 1. The fourth-order valence-corrected chi connectivity index (χ4v) is 3.17. The summed E-state index contributed by atoms with van der Waals surface area (Å²) in [5.41, 5.74) is 3.85. The van der Waals surface area contributed by atoms with Gasteiger partial charge in [-0.15, -0.1) is 0 Å². The van der Waals surface area contributed by atoms with Crippen LogP contribution in [0.25, 0.3) is 11.3 Å². The third-order valence-electron chi connectivity index (χ3n) is 4.82. The van der Waals surface area contributed by atoms with Crippen LogP contribution in [-0.2, 0) is 5.41 Å². The van der Waals surface area contributed by atoms with E-state index in [1.165, 1.54) is 17.7 Å². The average Bonchev–Trinajstić information content (AvgIpc) is 3.42. The van der Waals surface area contributed by atoms with E-state index in [1.54, 1.807) is 18.2 Å². The molecule has 4 heteroatoms. The van der Waals surface area contributed by atoms with Gasteiger partial charge in [0, 0.05) is 29.4 Å². The Morgan fingerprint density at radius 1 is 1.04 bits per heavy atom. The highest BCUT2D eigenvalue weighted by Gasteiger charge is 2.44. The lowest BCUT2D eigenvalue weighted by Crippen LogP contribution is -2.19. The van der Waals surface area contributed by atoms with Crippen molar-refractivity contribution in [3.05, 3.63) is 78.2 Å². The van der Waals surface area contributed by atoms with Gasteiger partial charge in [-0.2, -0.15) is 0 Å². The van der Waals surface area contributed by atoms with Crippen LogP contribution in [0.5, 0.6) is 5.75 Å². The van der Waals surface area contributed by atoms with E-state index in [0.717, 1.165) is 36.3 Å². The SMILES string of the molecule is Oc1cccc(-c2cc(C3(CNc4cccc(F)c4)CC3)ccn2)c1. The van der Waals surface area contributed by atoms with E-state index in [2.05, 4.69) is 16.4 Å². The standard InChI is InChI=1S/C21H19FN2O/c22-17-4-2-5-18(13-17)24-14-21(8-9-21)16-7-10-23-20(12-16)15-3-1-6-19(25)11-15/h1-7,10-13,24-25H,8-9,14H2. The number of phenolic OH excluding ortho intramolecular Hbond substituents is 1. The summed E-state index contributed by atoms with van der Waals surface area (Å²) in [6.07, 6.45) is 4.01. The third kappa shape index (κ3) is 3.33. The second kappa shape index (κ2) is 6.20. The van der Waals surface area contributed by atoms with E-state index in [-0.39, 0.29) is 17.0 Å². The monoisotopic (exact) mass is 334 g/mol. The zero-order valence-corrected chi connectivity index (χ0v) is 13.7. The number of benzene rings is 2. The molecule has 4 rings (SSSR count). The highest BCUT2D eigenvalue weighted by molar-refractivity contribution is 5.62. The fourth-order valence-electron chi connectivity index (χ4n) is 3.17. The molecule has 0 radical (unpaired) electrons. The molecule has 1 saturated carbocycles. The Labute approximate surface area is 146 Å². The first kappa shape index (κ1) is 15.6. The van der Waals surface area contributed by atoms with Crippen LogP contribution < -0.4 is 5.32 Å². The number of rotatable bonds is 5. The molecule has 1 fully saturated rings. The number of anilines is 1. The first-order valence-electron chi connectivity index (χ1n) is 8.40. The topological polar surface area (TPSA) is 45.1 Å². The van der Waals surface area contributed by atoms with Gasteiger partial charge in [0.1, 0.15) is 11.6 Å². The smallest absolute Gasteiger partial charge is 0.125 e. The molecular weight excluding hydrogens is 315 g/mol. The summed E-state index contributed by atoms with van der Waals surface area (Å²) in [5, 5.41) is 13.0. The van der Waals surface area contributed by atoms with E-state index >= 15 is 0 Å². The van der Waals surface area contributed by atoms with E-state index < -0.39 is 0 Å². The van der Waals surface area contributed by atoms with Crippen molar-refractivity contribution >= 4 is 5.69 Å². The van der Waals surface area contributed by atoms with Crippen LogP contribution in [0, 0.1) is 5.82 Å². The predicted octanol–water partition coefficient (Wildman–Crippen LogP) is 4.74. The van der Waals surface area contributed by atoms with Crippen molar-refractivity contribution in [2.45, 2.75) is 18.3 Å². The van der Waals surface area contributed by atoms with E-state index in [9.17, 15) is 9.50 Å². The lowest BCUT2D eigenvalue weighted by Gasteiger charge is -2.18. The maximum absolute atomic E-state index is 13.3. The largest absolute Gasteiger partial charge is 0.508 e. The summed E-state index contributed by atoms with van der Waals surface area (Å²) in [6.45, 7) is 0.764. The van der Waals surface area contributed by atoms with Crippen LogP contribution in [0.15, 0.2) is 66.9 Å². The summed E-state index contributed by atoms with van der Waals surface area (Å²) in [7, 11) is 0. The number of hydrogen-bond donors (Lipinski definition) is 2. The van der Waals surface area contributed by atoms with E-state index in [0.29, 0.717) is 0 Å². The summed E-state index contributed by atoms with van der Waals surface area (Å²) in [4.78, 5) is 4.44. The van der Waals surface area contributed by atoms with Crippen LogP contribution in [0.2, 0.25) is 0 Å². The van der Waals surface area contributed by atoms with Crippen molar-refractivity contribution in [3.8, 4) is 17.0 Å². The summed E-state index contributed by atoms with van der Waals surface area (Å²) < 4.78 is 13.3. The van der Waals surface area contributed by atoms with Gasteiger partial charge in [0.25, 0.3) is 0 Å². The zero-order chi connectivity index (χ0) is 17.3. The minimum atomic E-state index is -0.232. The maximum atomic E-state index is 13.3. The highest BCUT2D eigenvalue weighted by Crippen LogP contribution is 2.48. The first-order chi connectivity index (χ1) is 12.1. The Hall–Kier alpha value is -2.88. The van der Waals surface area contributed by atoms with Gasteiger partial charge in [-0.3, -0.25) is 4.98 Å². The molecule has 0 amide bonds. The Morgan fingerprint density at radius 3 is 2.64 bits per heavy atom. The molecule has 1 heterocycles. The van der Waals surface area contributed by atoms with Crippen molar-refractivity contribution in [1.29, 1.82) is 0 Å². The van der Waals surface area contributed by atoms with Gasteiger partial charge in [-0.25, -0.2) is 4.39 Å². The minimum absolute atomic E-state index is 0.0703. The molecule has 0 bridgehead atoms. The molecule has 126 valence electrons. The quantitative estimate of drug-likeness (QED) is 0.708. The molecule has 1 aromatic heterocycles. The summed E-state index contributed by atoms with van der Waals surface area (Å²) in [5.74, 6) is 0.00328. The average molecular weight is 334 g/mol. The molecule has 0 unspecified atom stereocenters. The van der Waals surface area contributed by atoms with Crippen molar-refractivity contribution < 1.29 is 9.50 Å². The molecular formula is C21H19FN2O. The van der Waals surface area contributed by atoms with Crippen LogP contribution >= 0.6 is 0 Å². The minimum Gasteiger partial charge on any atom is -0.508 e. The van der Waals surface area contributed by atoms with Crippen LogP contribution in [0.1, 0.15) is 18.4 Å². The number of nitrogens with one attached hydrogen (secondary N) is 1. The van der Waals surface area contributed by atoms with Crippen LogP contribution in [0.4, 0.5) is 10.1 Å². The van der Waals surface area contributed by atoms with Gasteiger partial charge in [0.2, 0.25) is 0 Å². The molecule has 3 nitrogen and oxygen atoms in total. The second-order valence-electron chi connectivity index (χ2n) is 6.62. The van der Waals surface area contributed by atoms with E-state index in [4.69, 9.17) is 0 Å². The van der Waals surface area contributed by atoms with E-state index in [1.807, 2.05) is 30.5 Å². The molecule has 0 spiro atoms. The number of nitrogens with zero attached hydrogens (tertiary/aromatic N) is 1. The van der Waals surface area contributed by atoms with Crippen molar-refractivity contribution in [2.24, 2.45) is 0 Å². The predicted molar refractivity (Wildman–Crippen MR) is 97.1 cm³/mol. The summed E-state index contributed by atoms with van der Waals surface area (Å²) in [6, 6.07) is 17.8. The Morgan fingerprint density at radius 2 is 1.88 bits per heavy atom. The van der Waals surface area contributed by atoms with Gasteiger partial charge >= 0.3 is 0 Å². The number of phenols is 1. The van der Waals surface area contributed by atoms with Crippen molar-refractivity contribution in [3.63, 3.8) is 0 Å². The van der Waals surface area contributed by atoms with Crippen molar-refractivity contribution in [2.75, 3.05) is 11.9 Å². The molecule has 0 aliphatic heterocycles. The lowest BCUT2D eigenvalue weighted by atomic mass is 9.95. The highest BCUT2D eigenvalue weighted by atomic mass is 19.1. The van der Waals surface area contributed by atoms with Crippen molar-refractivity contribution in [1.82, 2.24) is 4.98 Å². The van der Waals surface area contributed by atoms with Crippen LogP contribution in [0.3, 0.4) is 0 Å². The first-order valence-corrected chi connectivity index (χ1v) is 8.40. The molecule has 3 aromatic rings. The number of hydrogen-bond acceptors (Lipinski definition) is 3.